The van der Waals surface area contributed by atoms with Crippen molar-refractivity contribution in [3.05, 3.63) is 45.4 Å². The Morgan fingerprint density at radius 3 is 2.83 bits per heavy atom. The predicted octanol–water partition coefficient (Wildman–Crippen LogP) is 3.49. The van der Waals surface area contributed by atoms with Crippen LogP contribution in [-0.4, -0.2) is 15.8 Å². The number of rotatable bonds is 3. The van der Waals surface area contributed by atoms with E-state index in [-0.39, 0.29) is 5.78 Å². The molecule has 2 heterocycles. The minimum atomic E-state index is 0.0969. The number of hydrogen-bond donors (Lipinski definition) is 0. The fourth-order valence-electron chi connectivity index (χ4n) is 1.71. The van der Waals surface area contributed by atoms with Gasteiger partial charge in [-0.05, 0) is 19.1 Å². The van der Waals surface area contributed by atoms with Crippen LogP contribution in [0.1, 0.15) is 19.7 Å². The van der Waals surface area contributed by atoms with E-state index in [2.05, 4.69) is 9.97 Å². The molecular formula is C13H10N2OS2. The molecule has 2 aromatic heterocycles. The molecule has 1 aromatic carbocycles. The van der Waals surface area contributed by atoms with Crippen LogP contribution in [0.5, 0.6) is 0 Å². The molecule has 0 unspecified atom stereocenters. The molecule has 3 nitrogen and oxygen atoms in total. The lowest BCUT2D eigenvalue weighted by Crippen LogP contribution is -2.00. The number of aromatic nitrogens is 2. The Morgan fingerprint density at radius 1 is 1.28 bits per heavy atom. The van der Waals surface area contributed by atoms with E-state index in [0.29, 0.717) is 11.3 Å². The molecule has 0 N–H and O–H groups in total. The molecule has 0 radical (unpaired) electrons. The predicted molar refractivity (Wildman–Crippen MR) is 74.5 cm³/mol. The van der Waals surface area contributed by atoms with Crippen molar-refractivity contribution in [2.24, 2.45) is 0 Å². The van der Waals surface area contributed by atoms with E-state index in [1.165, 1.54) is 11.3 Å². The number of carbonyl (C=O) groups is 1. The number of ketones is 1. The quantitative estimate of drug-likeness (QED) is 0.687. The van der Waals surface area contributed by atoms with Gasteiger partial charge in [-0.15, -0.1) is 22.7 Å². The first kappa shape index (κ1) is 11.5. The van der Waals surface area contributed by atoms with Gasteiger partial charge < -0.3 is 0 Å². The lowest BCUT2D eigenvalue weighted by molar-refractivity contribution is 0.0996. The number of benzene rings is 1. The smallest absolute Gasteiger partial charge is 0.181 e. The van der Waals surface area contributed by atoms with Crippen LogP contribution in [0.25, 0.3) is 10.2 Å². The second kappa shape index (κ2) is 4.59. The molecule has 0 aliphatic carbocycles. The Bertz CT molecular complexity index is 681. The van der Waals surface area contributed by atoms with Crippen molar-refractivity contribution >= 4 is 38.7 Å². The van der Waals surface area contributed by atoms with Gasteiger partial charge in [0.15, 0.2) is 5.78 Å². The summed E-state index contributed by atoms with van der Waals surface area (Å²) in [4.78, 5) is 21.3. The summed E-state index contributed by atoms with van der Waals surface area (Å²) in [5.74, 6) is 0.0969. The highest BCUT2D eigenvalue weighted by Crippen LogP contribution is 2.23. The molecule has 0 saturated carbocycles. The van der Waals surface area contributed by atoms with Crippen molar-refractivity contribution in [2.75, 3.05) is 0 Å². The van der Waals surface area contributed by atoms with Gasteiger partial charge in [-0.25, -0.2) is 9.97 Å². The van der Waals surface area contributed by atoms with Gasteiger partial charge >= 0.3 is 0 Å². The molecule has 0 amide bonds. The maximum atomic E-state index is 12.0. The fraction of sp³-hybridized carbons (Fsp3) is 0.154. The average molecular weight is 274 g/mol. The largest absolute Gasteiger partial charge is 0.293 e. The van der Waals surface area contributed by atoms with E-state index in [1.54, 1.807) is 17.5 Å². The fourth-order valence-corrected chi connectivity index (χ4v) is 3.39. The summed E-state index contributed by atoms with van der Waals surface area (Å²) in [5.41, 5.74) is 0.964. The molecule has 0 saturated heterocycles. The Morgan fingerprint density at radius 2 is 2.11 bits per heavy atom. The van der Waals surface area contributed by atoms with E-state index >= 15 is 0 Å². The van der Waals surface area contributed by atoms with Gasteiger partial charge in [-0.2, -0.15) is 0 Å². The summed E-state index contributed by atoms with van der Waals surface area (Å²) < 4.78 is 1.13. The summed E-state index contributed by atoms with van der Waals surface area (Å²) in [5, 5.41) is 1.79. The van der Waals surface area contributed by atoms with Crippen LogP contribution in [0.2, 0.25) is 0 Å². The van der Waals surface area contributed by atoms with Gasteiger partial charge in [0.2, 0.25) is 0 Å². The molecule has 5 heteroatoms. The Balaban J connectivity index is 1.86. The van der Waals surface area contributed by atoms with E-state index in [9.17, 15) is 4.79 Å². The molecule has 3 rings (SSSR count). The SMILES string of the molecule is Cc1ncc(C(=O)Cc2nc3ccccc3s2)s1. The van der Waals surface area contributed by atoms with Crippen molar-refractivity contribution in [3.8, 4) is 0 Å². The summed E-state index contributed by atoms with van der Waals surface area (Å²) >= 11 is 3.02. The maximum Gasteiger partial charge on any atom is 0.181 e. The Kier molecular flexibility index (Phi) is 2.93. The lowest BCUT2D eigenvalue weighted by Gasteiger charge is -1.92. The molecule has 0 bridgehead atoms. The van der Waals surface area contributed by atoms with E-state index in [0.717, 1.165) is 20.2 Å². The first-order chi connectivity index (χ1) is 8.72. The standard InChI is InChI=1S/C13H10N2OS2/c1-8-14-7-12(17-8)10(16)6-13-15-9-4-2-3-5-11(9)18-13/h2-5,7H,6H2,1H3. The molecule has 18 heavy (non-hydrogen) atoms. The van der Waals surface area contributed by atoms with Crippen LogP contribution >= 0.6 is 22.7 Å². The van der Waals surface area contributed by atoms with Crippen LogP contribution in [0.15, 0.2) is 30.5 Å². The van der Waals surface area contributed by atoms with Crippen LogP contribution in [-0.2, 0) is 6.42 Å². The van der Waals surface area contributed by atoms with E-state index in [1.807, 2.05) is 31.2 Å². The zero-order valence-electron chi connectivity index (χ0n) is 9.71. The third-order valence-corrected chi connectivity index (χ3v) is 4.54. The molecule has 0 spiro atoms. The monoisotopic (exact) mass is 274 g/mol. The highest BCUT2D eigenvalue weighted by molar-refractivity contribution is 7.18. The third kappa shape index (κ3) is 2.19. The Labute approximate surface area is 112 Å². The van der Waals surface area contributed by atoms with Gasteiger partial charge in [-0.3, -0.25) is 4.79 Å². The number of hydrogen-bond acceptors (Lipinski definition) is 5. The van der Waals surface area contributed by atoms with Crippen LogP contribution in [0, 0.1) is 6.92 Å². The third-order valence-electron chi connectivity index (χ3n) is 2.55. The number of Topliss-reactive ketones (excluding diaryl/α,β-unsaturated/α-hetero) is 1. The molecular weight excluding hydrogens is 264 g/mol. The van der Waals surface area contributed by atoms with Gasteiger partial charge in [-0.1, -0.05) is 12.1 Å². The number of nitrogens with zero attached hydrogens (tertiary/aromatic N) is 2. The minimum absolute atomic E-state index is 0.0969. The van der Waals surface area contributed by atoms with Crippen molar-refractivity contribution < 1.29 is 4.79 Å². The van der Waals surface area contributed by atoms with Crippen LogP contribution < -0.4 is 0 Å². The first-order valence-corrected chi connectivity index (χ1v) is 7.16. The van der Waals surface area contributed by atoms with Crippen LogP contribution in [0.3, 0.4) is 0 Å². The van der Waals surface area contributed by atoms with Crippen molar-refractivity contribution in [3.63, 3.8) is 0 Å². The lowest BCUT2D eigenvalue weighted by atomic mass is 10.2. The van der Waals surface area contributed by atoms with Crippen LogP contribution in [0.4, 0.5) is 0 Å². The molecule has 0 fully saturated rings. The van der Waals surface area contributed by atoms with Gasteiger partial charge in [0.05, 0.1) is 26.5 Å². The zero-order chi connectivity index (χ0) is 12.5. The second-order valence-electron chi connectivity index (χ2n) is 3.92. The maximum absolute atomic E-state index is 12.0. The van der Waals surface area contributed by atoms with E-state index in [4.69, 9.17) is 0 Å². The molecule has 3 aromatic rings. The van der Waals surface area contributed by atoms with Gasteiger partial charge in [0.1, 0.15) is 5.01 Å². The minimum Gasteiger partial charge on any atom is -0.293 e. The topological polar surface area (TPSA) is 42.9 Å². The number of aryl methyl sites for hydroxylation is 1. The second-order valence-corrected chi connectivity index (χ2v) is 6.27. The summed E-state index contributed by atoms with van der Waals surface area (Å²) in [6, 6.07) is 7.94. The van der Waals surface area contributed by atoms with Crippen molar-refractivity contribution in [2.45, 2.75) is 13.3 Å². The number of carbonyl (C=O) groups excluding carboxylic acids is 1. The number of thiazole rings is 2. The summed E-state index contributed by atoms with van der Waals surface area (Å²) in [6.07, 6.45) is 2.01. The summed E-state index contributed by atoms with van der Waals surface area (Å²) in [7, 11) is 0. The molecule has 0 atom stereocenters. The number of fused-ring (bicyclic) bond motifs is 1. The molecule has 90 valence electrons. The zero-order valence-corrected chi connectivity index (χ0v) is 11.3. The van der Waals surface area contributed by atoms with Crippen molar-refractivity contribution in [1.82, 2.24) is 9.97 Å². The average Bonchev–Trinajstić information content (AvgIpc) is 2.94. The van der Waals surface area contributed by atoms with Crippen molar-refractivity contribution in [1.29, 1.82) is 0 Å². The highest BCUT2D eigenvalue weighted by Gasteiger charge is 2.13. The Hall–Kier alpha value is -1.59. The normalized spacial score (nSPS) is 10.9. The molecule has 0 aliphatic rings. The highest BCUT2D eigenvalue weighted by atomic mass is 32.1. The first-order valence-electron chi connectivity index (χ1n) is 5.52. The van der Waals surface area contributed by atoms with Gasteiger partial charge in [0, 0.05) is 6.20 Å². The van der Waals surface area contributed by atoms with E-state index < -0.39 is 0 Å². The molecule has 0 aliphatic heterocycles. The summed E-state index contributed by atoms with van der Waals surface area (Å²) in [6.45, 7) is 1.90. The van der Waals surface area contributed by atoms with Gasteiger partial charge in [0.25, 0.3) is 0 Å². The number of para-hydroxylation sites is 1.